The van der Waals surface area contributed by atoms with Gasteiger partial charge in [-0.2, -0.15) is 5.12 Å². The number of hydrogen-bond donors (Lipinski definition) is 2. The lowest BCUT2D eigenvalue weighted by Gasteiger charge is -2.21. The second kappa shape index (κ2) is 6.96. The van der Waals surface area contributed by atoms with Crippen LogP contribution in [-0.2, 0) is 4.74 Å². The van der Waals surface area contributed by atoms with Crippen LogP contribution in [0.25, 0.3) is 0 Å². The lowest BCUT2D eigenvalue weighted by Crippen LogP contribution is -2.44. The first-order chi connectivity index (χ1) is 5.76. The first kappa shape index (κ1) is 11.3. The van der Waals surface area contributed by atoms with Crippen LogP contribution in [0.3, 0.4) is 0 Å². The van der Waals surface area contributed by atoms with Crippen molar-refractivity contribution in [1.82, 2.24) is 10.4 Å². The van der Waals surface area contributed by atoms with E-state index >= 15 is 0 Å². The number of nitrogens with two attached hydrogens (primary N) is 1. The highest BCUT2D eigenvalue weighted by Gasteiger charge is 2.13. The average Bonchev–Trinajstić information content (AvgIpc) is 2.11. The molecule has 0 aliphatic heterocycles. The molecule has 1 atom stereocenters. The zero-order valence-corrected chi connectivity index (χ0v) is 7.49. The Morgan fingerprint density at radius 2 is 2.33 bits per heavy atom. The van der Waals surface area contributed by atoms with Crippen LogP contribution < -0.4 is 11.2 Å². The van der Waals surface area contributed by atoms with Gasteiger partial charge >= 0.3 is 0 Å². The van der Waals surface area contributed by atoms with E-state index in [2.05, 4.69) is 10.6 Å². The molecule has 0 aromatic rings. The van der Waals surface area contributed by atoms with Gasteiger partial charge < -0.3 is 10.1 Å². The predicted octanol–water partition coefficient (Wildman–Crippen LogP) is -0.184. The molecule has 0 aliphatic rings. The maximum absolute atomic E-state index is 10.0. The fraction of sp³-hybridized carbons (Fsp3) is 1.00. The highest BCUT2D eigenvalue weighted by Crippen LogP contribution is 1.94. The third-order valence-corrected chi connectivity index (χ3v) is 1.32. The second-order valence-electron chi connectivity index (χ2n) is 2.18. The van der Waals surface area contributed by atoms with Gasteiger partial charge in [0.1, 0.15) is 0 Å². The molecular formula is C6H16N4O2. The highest BCUT2D eigenvalue weighted by atomic mass is 16.5. The Morgan fingerprint density at radius 3 is 2.75 bits per heavy atom. The summed E-state index contributed by atoms with van der Waals surface area (Å²) in [6.07, 6.45) is -0.479. The first-order valence-electron chi connectivity index (χ1n) is 3.95. The number of likely N-dealkylation sites (N-methyl/N-ethyl adjacent to an activating group) is 1. The van der Waals surface area contributed by atoms with E-state index in [0.717, 1.165) is 11.7 Å². The maximum atomic E-state index is 10.0. The zero-order valence-electron chi connectivity index (χ0n) is 7.49. The summed E-state index contributed by atoms with van der Waals surface area (Å²) < 4.78 is 5.14. The first-order valence-corrected chi connectivity index (χ1v) is 3.95. The molecule has 0 aromatic carbocycles. The summed E-state index contributed by atoms with van der Waals surface area (Å²) in [7, 11) is 0. The van der Waals surface area contributed by atoms with Crippen molar-refractivity contribution in [3.8, 4) is 0 Å². The summed E-state index contributed by atoms with van der Waals surface area (Å²) in [5, 5.41) is 6.33. The van der Waals surface area contributed by atoms with Gasteiger partial charge in [0.2, 0.25) is 0 Å². The number of nitrogens with one attached hydrogen (secondary N) is 1. The molecule has 0 aliphatic carbocycles. The third-order valence-electron chi connectivity index (χ3n) is 1.32. The molecule has 1 unspecified atom stereocenters. The van der Waals surface area contributed by atoms with Crippen molar-refractivity contribution in [3.63, 3.8) is 0 Å². The monoisotopic (exact) mass is 176 g/mol. The van der Waals surface area contributed by atoms with Gasteiger partial charge in [-0.05, 0) is 13.5 Å². The third kappa shape index (κ3) is 4.22. The average molecular weight is 176 g/mol. The smallest absolute Gasteiger partial charge is 0.177 e. The van der Waals surface area contributed by atoms with Gasteiger partial charge in [0.05, 0.1) is 5.29 Å². The largest absolute Gasteiger partial charge is 0.354 e. The minimum absolute atomic E-state index is 0.479. The Morgan fingerprint density at radius 1 is 1.67 bits per heavy atom. The highest BCUT2D eigenvalue weighted by molar-refractivity contribution is 4.55. The molecule has 6 heteroatoms. The minimum atomic E-state index is -0.479. The minimum Gasteiger partial charge on any atom is -0.354 e. The molecule has 0 spiro atoms. The van der Waals surface area contributed by atoms with Gasteiger partial charge in [0, 0.05) is 13.2 Å². The SMILES string of the molecule is CCNCC(OCC)N(N)N=O. The fourth-order valence-electron chi connectivity index (χ4n) is 0.742. The van der Waals surface area contributed by atoms with Gasteiger partial charge in [-0.3, -0.25) is 0 Å². The molecule has 0 bridgehead atoms. The summed E-state index contributed by atoms with van der Waals surface area (Å²) in [5.41, 5.74) is 0. The van der Waals surface area contributed by atoms with Gasteiger partial charge in [0.15, 0.2) is 6.23 Å². The number of hydrogen-bond acceptors (Lipinski definition) is 5. The number of nitroso groups, excluding NO2 is 1. The molecule has 12 heavy (non-hydrogen) atoms. The summed E-state index contributed by atoms with van der Waals surface area (Å²) in [6.45, 7) is 5.58. The standard InChI is InChI=1S/C6H16N4O2/c1-3-8-5-6(12-4-2)10(7)9-11/h6,8H,3-5,7H2,1-2H3. The lowest BCUT2D eigenvalue weighted by atomic mass is 10.5. The molecule has 0 saturated carbocycles. The molecule has 3 N–H and O–H groups in total. The fourth-order valence-corrected chi connectivity index (χ4v) is 0.742. The predicted molar refractivity (Wildman–Crippen MR) is 45.8 cm³/mol. The molecule has 0 fully saturated rings. The Kier molecular flexibility index (Phi) is 6.54. The van der Waals surface area contributed by atoms with E-state index in [1.807, 2.05) is 13.8 Å². The van der Waals surface area contributed by atoms with Crippen molar-refractivity contribution in [1.29, 1.82) is 0 Å². The Labute approximate surface area is 72.0 Å². The van der Waals surface area contributed by atoms with Crippen molar-refractivity contribution in [2.24, 2.45) is 11.1 Å². The van der Waals surface area contributed by atoms with E-state index in [4.69, 9.17) is 10.6 Å². The van der Waals surface area contributed by atoms with Crippen molar-refractivity contribution < 1.29 is 4.74 Å². The quantitative estimate of drug-likeness (QED) is 0.243. The summed E-state index contributed by atoms with van der Waals surface area (Å²) in [5.74, 6) is 5.23. The molecule has 0 saturated heterocycles. The van der Waals surface area contributed by atoms with E-state index in [0.29, 0.717) is 13.2 Å². The second-order valence-corrected chi connectivity index (χ2v) is 2.18. The van der Waals surface area contributed by atoms with E-state index in [1.54, 1.807) is 0 Å². The van der Waals surface area contributed by atoms with Crippen molar-refractivity contribution >= 4 is 0 Å². The lowest BCUT2D eigenvalue weighted by molar-refractivity contribution is -0.0541. The van der Waals surface area contributed by atoms with Gasteiger partial charge in [-0.25, -0.2) is 5.84 Å². The van der Waals surface area contributed by atoms with Crippen LogP contribution in [0.2, 0.25) is 0 Å². The van der Waals surface area contributed by atoms with Gasteiger partial charge in [0.25, 0.3) is 0 Å². The number of hydrazine groups is 1. The summed E-state index contributed by atoms with van der Waals surface area (Å²) >= 11 is 0. The van der Waals surface area contributed by atoms with Crippen molar-refractivity contribution in [2.75, 3.05) is 19.7 Å². The van der Waals surface area contributed by atoms with Crippen LogP contribution in [-0.4, -0.2) is 31.0 Å². The summed E-state index contributed by atoms with van der Waals surface area (Å²) in [4.78, 5) is 10.0. The number of nitrogens with zero attached hydrogens (tertiary/aromatic N) is 2. The maximum Gasteiger partial charge on any atom is 0.177 e. The van der Waals surface area contributed by atoms with Crippen LogP contribution in [0.4, 0.5) is 0 Å². The molecule has 6 nitrogen and oxygen atoms in total. The van der Waals surface area contributed by atoms with E-state index < -0.39 is 6.23 Å². The van der Waals surface area contributed by atoms with Gasteiger partial charge in [-0.1, -0.05) is 6.92 Å². The molecule has 72 valence electrons. The summed E-state index contributed by atoms with van der Waals surface area (Å²) in [6, 6.07) is 0. The molecule has 0 aromatic heterocycles. The Bertz CT molecular complexity index is 122. The van der Waals surface area contributed by atoms with Crippen LogP contribution in [0.1, 0.15) is 13.8 Å². The number of rotatable bonds is 7. The van der Waals surface area contributed by atoms with Crippen LogP contribution in [0.15, 0.2) is 5.29 Å². The zero-order chi connectivity index (χ0) is 9.40. The van der Waals surface area contributed by atoms with Crippen molar-refractivity contribution in [3.05, 3.63) is 4.91 Å². The van der Waals surface area contributed by atoms with Crippen LogP contribution in [0.5, 0.6) is 0 Å². The van der Waals surface area contributed by atoms with Crippen molar-refractivity contribution in [2.45, 2.75) is 20.1 Å². The van der Waals surface area contributed by atoms with Gasteiger partial charge in [-0.15, -0.1) is 4.91 Å². The van der Waals surface area contributed by atoms with E-state index in [-0.39, 0.29) is 0 Å². The van der Waals surface area contributed by atoms with E-state index in [9.17, 15) is 4.91 Å². The van der Waals surface area contributed by atoms with E-state index in [1.165, 1.54) is 0 Å². The molecule has 0 heterocycles. The molecule has 0 radical (unpaired) electrons. The van der Waals surface area contributed by atoms with Crippen LogP contribution in [0, 0.1) is 4.91 Å². The Balaban J connectivity index is 3.75. The number of ether oxygens (including phenoxy) is 1. The Hall–Kier alpha value is -0.720. The normalized spacial score (nSPS) is 12.6. The molecular weight excluding hydrogens is 160 g/mol. The molecule has 0 amide bonds. The van der Waals surface area contributed by atoms with Crippen LogP contribution >= 0.6 is 0 Å². The topological polar surface area (TPSA) is 79.9 Å². The molecule has 0 rings (SSSR count).